The van der Waals surface area contributed by atoms with E-state index in [0.29, 0.717) is 18.0 Å². The molecule has 1 N–H and O–H groups in total. The zero-order valence-electron chi connectivity index (χ0n) is 9.82. The molecule has 0 atom stereocenters. The Morgan fingerprint density at radius 2 is 2.07 bits per heavy atom. The smallest absolute Gasteiger partial charge is 0.256 e. The van der Waals surface area contributed by atoms with Crippen LogP contribution in [0.25, 0.3) is 0 Å². The van der Waals surface area contributed by atoms with Crippen LogP contribution in [0.5, 0.6) is 0 Å². The standard InChI is InChI=1S/C12H19NO2/c1-9(2)8-13-7-5-6-10(11(13)14)12(3,4)15/h5-7,9,15H,8H2,1-4H3. The summed E-state index contributed by atoms with van der Waals surface area (Å²) in [6.45, 7) is 8.06. The van der Waals surface area contributed by atoms with Crippen molar-refractivity contribution >= 4 is 0 Å². The van der Waals surface area contributed by atoms with Crippen LogP contribution in [0.15, 0.2) is 23.1 Å². The van der Waals surface area contributed by atoms with Gasteiger partial charge in [-0.05, 0) is 31.9 Å². The molecule has 1 aromatic heterocycles. The van der Waals surface area contributed by atoms with E-state index in [9.17, 15) is 9.90 Å². The molecular formula is C12H19NO2. The summed E-state index contributed by atoms with van der Waals surface area (Å²) < 4.78 is 1.65. The Balaban J connectivity index is 3.18. The Morgan fingerprint density at radius 3 is 2.53 bits per heavy atom. The molecule has 0 saturated heterocycles. The summed E-state index contributed by atoms with van der Waals surface area (Å²) in [4.78, 5) is 12.0. The first-order valence-electron chi connectivity index (χ1n) is 5.24. The molecule has 3 nitrogen and oxygen atoms in total. The summed E-state index contributed by atoms with van der Waals surface area (Å²) >= 11 is 0. The van der Waals surface area contributed by atoms with E-state index in [0.717, 1.165) is 0 Å². The first kappa shape index (κ1) is 12.0. The molecule has 0 radical (unpaired) electrons. The van der Waals surface area contributed by atoms with Crippen LogP contribution in [-0.2, 0) is 12.1 Å². The molecule has 0 bridgehead atoms. The zero-order valence-corrected chi connectivity index (χ0v) is 9.82. The molecule has 0 aliphatic carbocycles. The number of rotatable bonds is 3. The van der Waals surface area contributed by atoms with E-state index in [1.165, 1.54) is 0 Å². The monoisotopic (exact) mass is 209 g/mol. The Labute approximate surface area is 90.4 Å². The molecule has 84 valence electrons. The van der Waals surface area contributed by atoms with Gasteiger partial charge in [0.1, 0.15) is 0 Å². The van der Waals surface area contributed by atoms with Crippen molar-refractivity contribution in [2.24, 2.45) is 5.92 Å². The molecule has 0 amide bonds. The summed E-state index contributed by atoms with van der Waals surface area (Å²) in [5.41, 5.74) is -0.721. The van der Waals surface area contributed by atoms with Gasteiger partial charge in [-0.15, -0.1) is 0 Å². The van der Waals surface area contributed by atoms with Gasteiger partial charge in [0, 0.05) is 18.3 Å². The van der Waals surface area contributed by atoms with E-state index < -0.39 is 5.60 Å². The fourth-order valence-electron chi connectivity index (χ4n) is 1.54. The second-order valence-corrected chi connectivity index (χ2v) is 4.83. The van der Waals surface area contributed by atoms with Gasteiger partial charge in [0.25, 0.3) is 5.56 Å². The van der Waals surface area contributed by atoms with Gasteiger partial charge in [-0.3, -0.25) is 4.79 Å². The van der Waals surface area contributed by atoms with Crippen molar-refractivity contribution in [2.75, 3.05) is 0 Å². The van der Waals surface area contributed by atoms with Gasteiger partial charge in [0.15, 0.2) is 0 Å². The number of nitrogens with zero attached hydrogens (tertiary/aromatic N) is 1. The lowest BCUT2D eigenvalue weighted by atomic mass is 10.00. The summed E-state index contributed by atoms with van der Waals surface area (Å²) in [6, 6.07) is 3.48. The van der Waals surface area contributed by atoms with Crippen molar-refractivity contribution in [3.63, 3.8) is 0 Å². The minimum Gasteiger partial charge on any atom is -0.386 e. The molecule has 3 heteroatoms. The number of pyridine rings is 1. The van der Waals surface area contributed by atoms with Crippen LogP contribution in [0.2, 0.25) is 0 Å². The predicted molar refractivity (Wildman–Crippen MR) is 60.8 cm³/mol. The number of aromatic nitrogens is 1. The van der Waals surface area contributed by atoms with Crippen molar-refractivity contribution in [1.82, 2.24) is 4.57 Å². The average Bonchev–Trinajstić information content (AvgIpc) is 2.05. The van der Waals surface area contributed by atoms with E-state index in [1.54, 1.807) is 36.7 Å². The Hall–Kier alpha value is -1.09. The molecule has 0 fully saturated rings. The lowest BCUT2D eigenvalue weighted by Crippen LogP contribution is -2.32. The zero-order chi connectivity index (χ0) is 11.6. The van der Waals surface area contributed by atoms with Gasteiger partial charge in [-0.25, -0.2) is 0 Å². The highest BCUT2D eigenvalue weighted by Gasteiger charge is 2.20. The lowest BCUT2D eigenvalue weighted by Gasteiger charge is -2.18. The van der Waals surface area contributed by atoms with E-state index in [-0.39, 0.29) is 5.56 Å². The first-order valence-corrected chi connectivity index (χ1v) is 5.24. The molecule has 1 aromatic rings. The van der Waals surface area contributed by atoms with Gasteiger partial charge >= 0.3 is 0 Å². The van der Waals surface area contributed by atoms with Crippen LogP contribution in [0.1, 0.15) is 33.3 Å². The maximum Gasteiger partial charge on any atom is 0.256 e. The summed E-state index contributed by atoms with van der Waals surface area (Å²) in [5, 5.41) is 9.82. The molecule has 0 aliphatic heterocycles. The van der Waals surface area contributed by atoms with Crippen molar-refractivity contribution in [1.29, 1.82) is 0 Å². The summed E-state index contributed by atoms with van der Waals surface area (Å²) in [5.74, 6) is 0.416. The molecular weight excluding hydrogens is 190 g/mol. The molecule has 1 rings (SSSR count). The average molecular weight is 209 g/mol. The maximum absolute atomic E-state index is 12.0. The Bertz CT molecular complexity index is 385. The van der Waals surface area contributed by atoms with Crippen LogP contribution < -0.4 is 5.56 Å². The summed E-state index contributed by atoms with van der Waals surface area (Å²) in [7, 11) is 0. The Morgan fingerprint density at radius 1 is 1.47 bits per heavy atom. The molecule has 0 spiro atoms. The van der Waals surface area contributed by atoms with Crippen LogP contribution in [-0.4, -0.2) is 9.67 Å². The first-order chi connectivity index (χ1) is 6.82. The maximum atomic E-state index is 12.0. The van der Waals surface area contributed by atoms with E-state index in [2.05, 4.69) is 13.8 Å². The quantitative estimate of drug-likeness (QED) is 0.823. The molecule has 1 heterocycles. The fraction of sp³-hybridized carbons (Fsp3) is 0.583. The van der Waals surface area contributed by atoms with Crippen LogP contribution in [0.4, 0.5) is 0 Å². The van der Waals surface area contributed by atoms with E-state index in [4.69, 9.17) is 0 Å². The topological polar surface area (TPSA) is 42.2 Å². The molecule has 15 heavy (non-hydrogen) atoms. The normalized spacial score (nSPS) is 12.1. The van der Waals surface area contributed by atoms with Gasteiger partial charge in [-0.1, -0.05) is 13.8 Å². The van der Waals surface area contributed by atoms with E-state index in [1.807, 2.05) is 0 Å². The molecule has 0 unspecified atom stereocenters. The van der Waals surface area contributed by atoms with E-state index >= 15 is 0 Å². The van der Waals surface area contributed by atoms with Crippen molar-refractivity contribution in [3.05, 3.63) is 34.2 Å². The third kappa shape index (κ3) is 2.93. The van der Waals surface area contributed by atoms with Crippen molar-refractivity contribution in [3.8, 4) is 0 Å². The largest absolute Gasteiger partial charge is 0.386 e. The number of aliphatic hydroxyl groups is 1. The Kier molecular flexibility index (Phi) is 3.35. The van der Waals surface area contributed by atoms with Crippen LogP contribution in [0, 0.1) is 5.92 Å². The summed E-state index contributed by atoms with van der Waals surface area (Å²) in [6.07, 6.45) is 1.76. The molecule has 0 aromatic carbocycles. The highest BCUT2D eigenvalue weighted by atomic mass is 16.3. The predicted octanol–water partition coefficient (Wildman–Crippen LogP) is 1.73. The molecule has 0 saturated carbocycles. The van der Waals surface area contributed by atoms with Gasteiger partial charge in [0.05, 0.1) is 5.60 Å². The van der Waals surface area contributed by atoms with Gasteiger partial charge in [-0.2, -0.15) is 0 Å². The SMILES string of the molecule is CC(C)Cn1cccc(C(C)(C)O)c1=O. The van der Waals surface area contributed by atoms with Crippen molar-refractivity contribution < 1.29 is 5.11 Å². The van der Waals surface area contributed by atoms with Crippen molar-refractivity contribution in [2.45, 2.75) is 39.8 Å². The minimum atomic E-state index is -1.07. The minimum absolute atomic E-state index is 0.0984. The third-order valence-electron chi connectivity index (χ3n) is 2.24. The van der Waals surface area contributed by atoms with Gasteiger partial charge in [0.2, 0.25) is 0 Å². The highest BCUT2D eigenvalue weighted by Crippen LogP contribution is 2.14. The van der Waals surface area contributed by atoms with Gasteiger partial charge < -0.3 is 9.67 Å². The number of hydrogen-bond acceptors (Lipinski definition) is 2. The van der Waals surface area contributed by atoms with Crippen LogP contribution in [0.3, 0.4) is 0 Å². The second kappa shape index (κ2) is 4.19. The second-order valence-electron chi connectivity index (χ2n) is 4.83. The van der Waals surface area contributed by atoms with Crippen LogP contribution >= 0.6 is 0 Å². The third-order valence-corrected chi connectivity index (χ3v) is 2.24. The number of hydrogen-bond donors (Lipinski definition) is 1. The highest BCUT2D eigenvalue weighted by molar-refractivity contribution is 5.17. The fourth-order valence-corrected chi connectivity index (χ4v) is 1.54. The lowest BCUT2D eigenvalue weighted by molar-refractivity contribution is 0.0764. The molecule has 0 aliphatic rings.